The fraction of sp³-hybridized carbons (Fsp3) is 0.464. The maximum Gasteiger partial charge on any atom is 0.222 e. The van der Waals surface area contributed by atoms with Gasteiger partial charge < -0.3 is 9.80 Å². The Labute approximate surface area is 188 Å². The number of unbranched alkanes of at least 4 members (excludes halogenated alkanes) is 1. The Hall–Kier alpha value is -2.55. The van der Waals surface area contributed by atoms with Gasteiger partial charge in [0.25, 0.3) is 0 Å². The molecule has 1 saturated heterocycles. The molecule has 0 spiro atoms. The summed E-state index contributed by atoms with van der Waals surface area (Å²) in [4.78, 5) is 17.1. The normalized spacial score (nSPS) is 15.7. The molecule has 166 valence electrons. The average Bonchev–Trinajstić information content (AvgIpc) is 3.27. The molecular weight excluding hydrogens is 380 g/mol. The van der Waals surface area contributed by atoms with Crippen molar-refractivity contribution in [3.05, 3.63) is 77.4 Å². The van der Waals surface area contributed by atoms with Gasteiger partial charge in [-0.3, -0.25) is 4.79 Å². The Kier molecular flexibility index (Phi) is 8.75. The van der Waals surface area contributed by atoms with Gasteiger partial charge >= 0.3 is 0 Å². The Morgan fingerprint density at radius 2 is 1.71 bits per heavy atom. The van der Waals surface area contributed by atoms with Crippen molar-refractivity contribution < 1.29 is 4.79 Å². The third-order valence-corrected chi connectivity index (χ3v) is 6.21. The lowest BCUT2D eigenvalue weighted by Crippen LogP contribution is -2.39. The van der Waals surface area contributed by atoms with Gasteiger partial charge in [0.2, 0.25) is 5.91 Å². The first-order valence-corrected chi connectivity index (χ1v) is 11.9. The van der Waals surface area contributed by atoms with Crippen molar-refractivity contribution in [2.75, 3.05) is 24.5 Å². The molecule has 1 unspecified atom stereocenters. The number of allylic oxidation sites excluding steroid dienone is 1. The number of rotatable bonds is 10. The van der Waals surface area contributed by atoms with Crippen LogP contribution in [0.2, 0.25) is 0 Å². The second-order valence-corrected chi connectivity index (χ2v) is 8.97. The third-order valence-electron chi connectivity index (χ3n) is 6.21. The van der Waals surface area contributed by atoms with E-state index in [0.717, 1.165) is 51.7 Å². The van der Waals surface area contributed by atoms with E-state index < -0.39 is 0 Å². The van der Waals surface area contributed by atoms with E-state index >= 15 is 0 Å². The van der Waals surface area contributed by atoms with Crippen LogP contribution in [0.1, 0.15) is 57.6 Å². The molecule has 2 aromatic rings. The molecule has 1 aliphatic heterocycles. The molecule has 0 N–H and O–H groups in total. The van der Waals surface area contributed by atoms with Crippen LogP contribution in [-0.2, 0) is 17.6 Å². The highest BCUT2D eigenvalue weighted by molar-refractivity contribution is 5.76. The molecule has 0 aromatic heterocycles. The van der Waals surface area contributed by atoms with Crippen LogP contribution in [0, 0.1) is 0 Å². The van der Waals surface area contributed by atoms with Gasteiger partial charge in [-0.05, 0) is 62.8 Å². The van der Waals surface area contributed by atoms with Crippen LogP contribution >= 0.6 is 0 Å². The summed E-state index contributed by atoms with van der Waals surface area (Å²) in [6.07, 6.45) is 8.22. The van der Waals surface area contributed by atoms with Gasteiger partial charge in [-0.15, -0.1) is 0 Å². The van der Waals surface area contributed by atoms with Gasteiger partial charge in [0.05, 0.1) is 0 Å². The molecule has 0 bridgehead atoms. The second kappa shape index (κ2) is 11.7. The fourth-order valence-electron chi connectivity index (χ4n) is 4.24. The fourth-order valence-corrected chi connectivity index (χ4v) is 4.24. The van der Waals surface area contributed by atoms with Crippen molar-refractivity contribution >= 4 is 11.6 Å². The number of likely N-dealkylation sites (tertiary alicyclic amines) is 1. The summed E-state index contributed by atoms with van der Waals surface area (Å²) in [5.74, 6) is 0.322. The standard InChI is InChI=1S/C28H38N2O/c1-4-5-11-28(31)29-20-19-27(22-29)30(21-18-23(2)3)26-16-14-25(15-17-26)13-12-24-9-7-6-8-10-24/h6-10,14-18,27H,4-5,11-13,19-22H2,1-3H3. The summed E-state index contributed by atoms with van der Waals surface area (Å²) in [6.45, 7) is 9.07. The average molecular weight is 419 g/mol. The zero-order valence-electron chi connectivity index (χ0n) is 19.5. The minimum absolute atomic E-state index is 0.322. The molecular formula is C28H38N2O. The maximum atomic E-state index is 12.5. The smallest absolute Gasteiger partial charge is 0.222 e. The summed E-state index contributed by atoms with van der Waals surface area (Å²) in [7, 11) is 0. The molecule has 1 amide bonds. The largest absolute Gasteiger partial charge is 0.363 e. The van der Waals surface area contributed by atoms with E-state index in [2.05, 4.69) is 91.2 Å². The molecule has 2 aromatic carbocycles. The number of amides is 1. The van der Waals surface area contributed by atoms with Crippen LogP contribution in [0.15, 0.2) is 66.2 Å². The predicted molar refractivity (Wildman–Crippen MR) is 132 cm³/mol. The zero-order valence-corrected chi connectivity index (χ0v) is 19.5. The van der Waals surface area contributed by atoms with Gasteiger partial charge in [-0.1, -0.05) is 67.5 Å². The van der Waals surface area contributed by atoms with E-state index in [4.69, 9.17) is 0 Å². The molecule has 0 aliphatic carbocycles. The highest BCUT2D eigenvalue weighted by Gasteiger charge is 2.30. The van der Waals surface area contributed by atoms with Crippen LogP contribution < -0.4 is 4.90 Å². The molecule has 3 heteroatoms. The van der Waals surface area contributed by atoms with E-state index in [0.29, 0.717) is 18.4 Å². The number of anilines is 1. The van der Waals surface area contributed by atoms with Crippen LogP contribution in [0.25, 0.3) is 0 Å². The van der Waals surface area contributed by atoms with Crippen LogP contribution in [-0.4, -0.2) is 36.5 Å². The molecule has 1 heterocycles. The van der Waals surface area contributed by atoms with Crippen molar-refractivity contribution in [3.63, 3.8) is 0 Å². The van der Waals surface area contributed by atoms with E-state index in [1.165, 1.54) is 22.4 Å². The Morgan fingerprint density at radius 3 is 2.35 bits per heavy atom. The molecule has 1 atom stereocenters. The molecule has 1 aliphatic rings. The van der Waals surface area contributed by atoms with Crippen molar-refractivity contribution in [1.82, 2.24) is 4.90 Å². The van der Waals surface area contributed by atoms with Crippen molar-refractivity contribution in [2.45, 2.75) is 65.3 Å². The molecule has 0 radical (unpaired) electrons. The van der Waals surface area contributed by atoms with E-state index in [-0.39, 0.29) is 0 Å². The number of hydrogen-bond donors (Lipinski definition) is 0. The van der Waals surface area contributed by atoms with E-state index in [1.54, 1.807) is 0 Å². The van der Waals surface area contributed by atoms with Gasteiger partial charge in [0.1, 0.15) is 0 Å². The highest BCUT2D eigenvalue weighted by atomic mass is 16.2. The Balaban J connectivity index is 1.66. The number of hydrogen-bond acceptors (Lipinski definition) is 2. The molecule has 3 nitrogen and oxygen atoms in total. The first kappa shape index (κ1) is 23.1. The predicted octanol–water partition coefficient (Wildman–Crippen LogP) is 6.04. The van der Waals surface area contributed by atoms with Crippen molar-refractivity contribution in [3.8, 4) is 0 Å². The highest BCUT2D eigenvalue weighted by Crippen LogP contribution is 2.25. The number of aryl methyl sites for hydroxylation is 2. The minimum Gasteiger partial charge on any atom is -0.363 e. The second-order valence-electron chi connectivity index (χ2n) is 8.97. The lowest BCUT2D eigenvalue weighted by molar-refractivity contribution is -0.130. The summed E-state index contributed by atoms with van der Waals surface area (Å²) >= 11 is 0. The summed E-state index contributed by atoms with van der Waals surface area (Å²) in [5.41, 5.74) is 5.35. The number of benzene rings is 2. The van der Waals surface area contributed by atoms with Gasteiger partial charge in [0, 0.05) is 37.8 Å². The molecule has 0 saturated carbocycles. The van der Waals surface area contributed by atoms with Crippen LogP contribution in [0.5, 0.6) is 0 Å². The van der Waals surface area contributed by atoms with Gasteiger partial charge in [0.15, 0.2) is 0 Å². The number of carbonyl (C=O) groups excluding carboxylic acids is 1. The number of carbonyl (C=O) groups is 1. The first-order chi connectivity index (χ1) is 15.1. The SMILES string of the molecule is CCCCC(=O)N1CCC(N(CC=C(C)C)c2ccc(CCc3ccccc3)cc2)C1. The molecule has 3 rings (SSSR count). The van der Waals surface area contributed by atoms with Crippen molar-refractivity contribution in [2.24, 2.45) is 0 Å². The Morgan fingerprint density at radius 1 is 1.03 bits per heavy atom. The lowest BCUT2D eigenvalue weighted by atomic mass is 10.0. The van der Waals surface area contributed by atoms with Gasteiger partial charge in [-0.25, -0.2) is 0 Å². The lowest BCUT2D eigenvalue weighted by Gasteiger charge is -2.31. The molecule has 31 heavy (non-hydrogen) atoms. The van der Waals surface area contributed by atoms with Gasteiger partial charge in [-0.2, -0.15) is 0 Å². The minimum atomic E-state index is 0.322. The zero-order chi connectivity index (χ0) is 22.1. The maximum absolute atomic E-state index is 12.5. The first-order valence-electron chi connectivity index (χ1n) is 11.9. The third kappa shape index (κ3) is 6.99. The van der Waals surface area contributed by atoms with E-state index in [1.807, 2.05) is 0 Å². The summed E-state index contributed by atoms with van der Waals surface area (Å²) in [5, 5.41) is 0. The van der Waals surface area contributed by atoms with Crippen molar-refractivity contribution in [1.29, 1.82) is 0 Å². The van der Waals surface area contributed by atoms with Crippen LogP contribution in [0.3, 0.4) is 0 Å². The van der Waals surface area contributed by atoms with E-state index in [9.17, 15) is 4.79 Å². The Bertz CT molecular complexity index is 837. The monoisotopic (exact) mass is 418 g/mol. The van der Waals surface area contributed by atoms with Crippen LogP contribution in [0.4, 0.5) is 5.69 Å². The topological polar surface area (TPSA) is 23.6 Å². The summed E-state index contributed by atoms with van der Waals surface area (Å²) in [6, 6.07) is 20.1. The number of nitrogens with zero attached hydrogens (tertiary/aromatic N) is 2. The summed E-state index contributed by atoms with van der Waals surface area (Å²) < 4.78 is 0. The molecule has 1 fully saturated rings. The quantitative estimate of drug-likeness (QED) is 0.439.